The minimum atomic E-state index is -1.29. The zero-order valence-electron chi connectivity index (χ0n) is 23.1. The Balaban J connectivity index is 1.55. The van der Waals surface area contributed by atoms with E-state index in [9.17, 15) is 5.11 Å². The molecule has 4 aliphatic carbocycles. The van der Waals surface area contributed by atoms with Crippen molar-refractivity contribution in [2.45, 2.75) is 96.1 Å². The molecule has 0 saturated heterocycles. The Hall–Kier alpha value is -1.84. The van der Waals surface area contributed by atoms with Gasteiger partial charge in [0, 0.05) is 11.0 Å². The van der Waals surface area contributed by atoms with Crippen LogP contribution < -0.4 is 4.43 Å². The largest absolute Gasteiger partial charge is 0.547 e. The molecule has 0 radical (unpaired) electrons. The Labute approximate surface area is 220 Å². The van der Waals surface area contributed by atoms with E-state index >= 15 is 0 Å². The van der Waals surface area contributed by atoms with Crippen molar-refractivity contribution < 1.29 is 9.53 Å². The van der Waals surface area contributed by atoms with Gasteiger partial charge in [0.05, 0.1) is 6.61 Å². The second kappa shape index (κ2) is 10.1. The predicted molar refractivity (Wildman–Crippen MR) is 154 cm³/mol. The van der Waals surface area contributed by atoms with Crippen molar-refractivity contribution in [3.63, 3.8) is 0 Å². The Morgan fingerprint density at radius 2 is 1.58 bits per heavy atom. The average molecular weight is 503 g/mol. The molecule has 0 aliphatic heterocycles. The molecular formula is C33H46O2Si. The Kier molecular flexibility index (Phi) is 7.26. The molecule has 4 saturated carbocycles. The molecule has 4 aliphatic rings. The van der Waals surface area contributed by atoms with Crippen molar-refractivity contribution in [1.29, 1.82) is 0 Å². The summed E-state index contributed by atoms with van der Waals surface area (Å²) >= 11 is 0. The van der Waals surface area contributed by atoms with Crippen molar-refractivity contribution >= 4 is 14.6 Å². The summed E-state index contributed by atoms with van der Waals surface area (Å²) in [6.07, 6.45) is 12.6. The first kappa shape index (κ1) is 25.8. The fourth-order valence-corrected chi connectivity index (χ4v) is 8.83. The van der Waals surface area contributed by atoms with Crippen molar-refractivity contribution in [3.05, 3.63) is 70.8 Å². The van der Waals surface area contributed by atoms with Crippen molar-refractivity contribution in [2.24, 2.45) is 17.8 Å². The number of benzene rings is 2. The van der Waals surface area contributed by atoms with Gasteiger partial charge in [0.1, 0.15) is 5.75 Å². The van der Waals surface area contributed by atoms with Crippen LogP contribution in [-0.2, 0) is 17.3 Å². The van der Waals surface area contributed by atoms with Crippen LogP contribution in [0.3, 0.4) is 0 Å². The molecule has 194 valence electrons. The van der Waals surface area contributed by atoms with Gasteiger partial charge in [-0.3, -0.25) is 0 Å². The maximum Gasteiger partial charge on any atom is 0.229 e. The first-order valence-corrected chi connectivity index (χ1v) is 17.2. The molecule has 4 fully saturated rings. The van der Waals surface area contributed by atoms with Crippen LogP contribution in [0, 0.1) is 17.8 Å². The summed E-state index contributed by atoms with van der Waals surface area (Å²) < 4.78 is 6.94. The third-order valence-electron chi connectivity index (χ3n) is 9.09. The molecule has 2 nitrogen and oxygen atoms in total. The molecule has 1 N–H and O–H groups in total. The predicted octanol–water partition coefficient (Wildman–Crippen LogP) is 7.82. The molecule has 0 heterocycles. The summed E-state index contributed by atoms with van der Waals surface area (Å²) in [6.45, 7) is 11.9. The molecule has 0 aromatic heterocycles. The SMILES string of the molecule is C[SiH](C)Oc1c(CCC=C(CO)c2ccccc2)ccc(C(C)(C)C)c1C12CC3CC(CC(C3)C1)C2. The first-order valence-electron chi connectivity index (χ1n) is 14.4. The van der Waals surface area contributed by atoms with E-state index < -0.39 is 9.04 Å². The molecule has 0 spiro atoms. The van der Waals surface area contributed by atoms with Gasteiger partial charge >= 0.3 is 0 Å². The third-order valence-corrected chi connectivity index (χ3v) is 9.80. The topological polar surface area (TPSA) is 29.5 Å². The molecule has 0 amide bonds. The summed E-state index contributed by atoms with van der Waals surface area (Å²) in [5.41, 5.74) is 7.03. The number of aliphatic hydroxyl groups excluding tert-OH is 1. The highest BCUT2D eigenvalue weighted by Gasteiger charge is 2.53. The van der Waals surface area contributed by atoms with E-state index in [4.69, 9.17) is 4.43 Å². The number of hydrogen-bond acceptors (Lipinski definition) is 2. The van der Waals surface area contributed by atoms with Gasteiger partial charge in [-0.2, -0.15) is 0 Å². The fraction of sp³-hybridized carbons (Fsp3) is 0.576. The van der Waals surface area contributed by atoms with E-state index in [0.717, 1.165) is 41.7 Å². The highest BCUT2D eigenvalue weighted by atomic mass is 28.3. The van der Waals surface area contributed by atoms with Crippen LogP contribution in [0.4, 0.5) is 0 Å². The molecule has 2 aromatic rings. The highest BCUT2D eigenvalue weighted by Crippen LogP contribution is 2.63. The second-order valence-electron chi connectivity index (χ2n) is 13.4. The van der Waals surface area contributed by atoms with Gasteiger partial charge in [0.25, 0.3) is 0 Å². The van der Waals surface area contributed by atoms with Crippen LogP contribution in [0.15, 0.2) is 48.5 Å². The Morgan fingerprint density at radius 3 is 2.11 bits per heavy atom. The molecule has 6 rings (SSSR count). The smallest absolute Gasteiger partial charge is 0.229 e. The lowest BCUT2D eigenvalue weighted by atomic mass is 9.47. The normalized spacial score (nSPS) is 27.6. The van der Waals surface area contributed by atoms with Gasteiger partial charge in [-0.05, 0) is 110 Å². The number of rotatable bonds is 8. The number of aryl methyl sites for hydroxylation is 1. The number of aliphatic hydroxyl groups is 1. The van der Waals surface area contributed by atoms with Gasteiger partial charge in [-0.25, -0.2) is 0 Å². The van der Waals surface area contributed by atoms with E-state index in [2.05, 4.69) is 64.2 Å². The summed E-state index contributed by atoms with van der Waals surface area (Å²) in [5, 5.41) is 10.0. The second-order valence-corrected chi connectivity index (χ2v) is 15.7. The minimum absolute atomic E-state index is 0.0771. The van der Waals surface area contributed by atoms with Crippen LogP contribution in [0.1, 0.15) is 88.0 Å². The van der Waals surface area contributed by atoms with Crippen molar-refractivity contribution in [2.75, 3.05) is 6.61 Å². The van der Waals surface area contributed by atoms with Crippen LogP contribution in [-0.4, -0.2) is 20.8 Å². The van der Waals surface area contributed by atoms with Crippen LogP contribution in [0.25, 0.3) is 5.57 Å². The molecule has 36 heavy (non-hydrogen) atoms. The number of hydrogen-bond donors (Lipinski definition) is 1. The molecule has 4 bridgehead atoms. The van der Waals surface area contributed by atoms with E-state index in [-0.39, 0.29) is 12.0 Å². The molecule has 2 aromatic carbocycles. The lowest BCUT2D eigenvalue weighted by Gasteiger charge is -2.58. The third kappa shape index (κ3) is 5.11. The van der Waals surface area contributed by atoms with Gasteiger partial charge in [-0.15, -0.1) is 0 Å². The zero-order valence-corrected chi connectivity index (χ0v) is 24.3. The van der Waals surface area contributed by atoms with E-state index in [0.29, 0.717) is 5.41 Å². The van der Waals surface area contributed by atoms with Gasteiger partial charge in [-0.1, -0.05) is 69.3 Å². The Morgan fingerprint density at radius 1 is 0.972 bits per heavy atom. The summed E-state index contributed by atoms with van der Waals surface area (Å²) in [4.78, 5) is 0. The van der Waals surface area contributed by atoms with Gasteiger partial charge in [0.2, 0.25) is 9.04 Å². The minimum Gasteiger partial charge on any atom is -0.547 e. The highest BCUT2D eigenvalue weighted by molar-refractivity contribution is 6.49. The van der Waals surface area contributed by atoms with Crippen LogP contribution in [0.2, 0.25) is 13.1 Å². The van der Waals surface area contributed by atoms with E-state index in [1.165, 1.54) is 55.4 Å². The summed E-state index contributed by atoms with van der Waals surface area (Å²) in [7, 11) is -1.29. The van der Waals surface area contributed by atoms with Gasteiger partial charge < -0.3 is 9.53 Å². The molecule has 0 unspecified atom stereocenters. The van der Waals surface area contributed by atoms with Crippen LogP contribution in [0.5, 0.6) is 5.75 Å². The summed E-state index contributed by atoms with van der Waals surface area (Å²) in [6, 6.07) is 15.1. The molecule has 0 atom stereocenters. The Bertz CT molecular complexity index is 1060. The lowest BCUT2D eigenvalue weighted by molar-refractivity contribution is -0.00662. The summed E-state index contributed by atoms with van der Waals surface area (Å²) in [5.74, 6) is 4.00. The standard InChI is InChI=1S/C33H46O2Si/c1-32(2,3)29-15-14-27(12-9-13-28(22-34)26-10-7-6-8-11-26)31(35-36(4)5)30(29)33-19-23-16-24(20-33)18-25(17-23)21-33/h6-8,10-11,13-15,23-25,34,36H,9,12,16-22H2,1-5H3. The quantitative estimate of drug-likeness (QED) is 0.373. The lowest BCUT2D eigenvalue weighted by Crippen LogP contribution is -2.49. The van der Waals surface area contributed by atoms with Crippen LogP contribution >= 0.6 is 0 Å². The zero-order chi connectivity index (χ0) is 25.5. The van der Waals surface area contributed by atoms with E-state index in [1.807, 2.05) is 18.2 Å². The van der Waals surface area contributed by atoms with Crippen molar-refractivity contribution in [3.8, 4) is 5.75 Å². The average Bonchev–Trinajstić information content (AvgIpc) is 2.81. The maximum atomic E-state index is 10.0. The van der Waals surface area contributed by atoms with E-state index in [1.54, 1.807) is 5.56 Å². The molecule has 3 heteroatoms. The maximum absolute atomic E-state index is 10.0. The molecular weight excluding hydrogens is 456 g/mol. The first-order chi connectivity index (χ1) is 17.2. The monoisotopic (exact) mass is 502 g/mol. The number of allylic oxidation sites excluding steroid dienone is 1. The fourth-order valence-electron chi connectivity index (χ4n) is 8.09. The van der Waals surface area contributed by atoms with Crippen molar-refractivity contribution in [1.82, 2.24) is 0 Å². The van der Waals surface area contributed by atoms with Gasteiger partial charge in [0.15, 0.2) is 0 Å².